The van der Waals surface area contributed by atoms with E-state index in [-0.39, 0.29) is 34.5 Å². The van der Waals surface area contributed by atoms with Gasteiger partial charge in [0, 0.05) is 61.5 Å². The van der Waals surface area contributed by atoms with Crippen molar-refractivity contribution in [1.82, 2.24) is 50.0 Å². The fourth-order valence-corrected chi connectivity index (χ4v) is 13.8. The lowest BCUT2D eigenvalue weighted by molar-refractivity contribution is 0.0194. The number of pyridine rings is 3. The molecule has 3 saturated heterocycles. The van der Waals surface area contributed by atoms with Crippen LogP contribution in [0.15, 0.2) is 196 Å². The summed E-state index contributed by atoms with van der Waals surface area (Å²) in [5.41, 5.74) is 23.8. The van der Waals surface area contributed by atoms with Gasteiger partial charge in [-0.1, -0.05) is 113 Å². The van der Waals surface area contributed by atoms with E-state index in [2.05, 4.69) is 102 Å². The largest absolute Gasteiger partial charge is 0.488 e. The molecule has 14 rings (SSSR count). The molecule has 0 unspecified atom stereocenters. The van der Waals surface area contributed by atoms with E-state index in [0.717, 1.165) is 156 Å². The highest BCUT2D eigenvalue weighted by Crippen LogP contribution is 2.37. The standard InChI is InChI=1S/C29H31BrN4O3.C24H23BrN4O.C15H24N4O2.C14H11BrO2.3CH4/c1-29(2,3)37-28(35)34-13-11-20(12-14-34)22-16-24-27(31-17-22)33-26(32-24)21-9-10-25(23(30)15-21)36-18-19-7-5-4-6-8-19;25-20-12-18(6-7-22(20)30-15-16-4-2-1-3-5-16)23-28-21-13-19(14-27-24(21)29-23)17-8-10-26-11-9-17;1-15(2,3)21-14(20)19-6-4-10(5-7-19)11-8-12(16)13(17)18-9-11;15-13-8-12(9-16)6-7-14(13)17-10-11-4-2-1-3-5-11;;;/h4-10,15-17,20H,11-14,18H2,1-3H3,(H,31,32,33);1-7,12-14,17,26H,8-11,15H2,(H,27,28,29);8-10H,4-7,16H2,1-3H3,(H2,17,18);1-9H,10H2;3*1H4. The van der Waals surface area contributed by atoms with Crippen LogP contribution in [-0.2, 0) is 29.3 Å². The summed E-state index contributed by atoms with van der Waals surface area (Å²) in [4.78, 5) is 68.1. The van der Waals surface area contributed by atoms with Crippen LogP contribution in [0.25, 0.3) is 45.1 Å². The number of ether oxygens (including phenoxy) is 5. The van der Waals surface area contributed by atoms with Crippen LogP contribution in [-0.4, -0.2) is 114 Å². The Balaban J connectivity index is 0.000000187. The van der Waals surface area contributed by atoms with Crippen LogP contribution in [0.2, 0.25) is 0 Å². The number of rotatable bonds is 15. The number of aromatic nitrogens is 7. The number of anilines is 2. The van der Waals surface area contributed by atoms with Crippen LogP contribution in [0, 0.1) is 0 Å². The number of nitrogens with two attached hydrogens (primary N) is 2. The Morgan fingerprint density at radius 1 is 0.481 bits per heavy atom. The van der Waals surface area contributed by atoms with Gasteiger partial charge in [0.05, 0.1) is 30.1 Å². The van der Waals surface area contributed by atoms with Crippen molar-refractivity contribution < 1.29 is 38.1 Å². The van der Waals surface area contributed by atoms with E-state index in [0.29, 0.717) is 86.5 Å². The minimum absolute atomic E-state index is 0. The number of aromatic amines is 2. The Morgan fingerprint density at radius 2 is 0.843 bits per heavy atom. The number of carbonyl (C=O) groups is 3. The third-order valence-corrected chi connectivity index (χ3v) is 19.8. The third kappa shape index (κ3) is 23.9. The maximum absolute atomic E-state index is 12.4. The number of aldehydes is 1. The van der Waals surface area contributed by atoms with Gasteiger partial charge in [-0.05, 0) is 265 Å². The minimum atomic E-state index is -0.480. The lowest BCUT2D eigenvalue weighted by Crippen LogP contribution is -2.41. The molecule has 0 saturated carbocycles. The predicted octanol–water partition coefficient (Wildman–Crippen LogP) is 20.6. The lowest BCUT2D eigenvalue weighted by atomic mass is 9.90. The van der Waals surface area contributed by atoms with Crippen LogP contribution in [0.5, 0.6) is 17.2 Å². The topological polar surface area (TPSA) is 264 Å². The molecule has 0 radical (unpaired) electrons. The second-order valence-corrected chi connectivity index (χ2v) is 30.7. The average molecular weight is 1660 g/mol. The van der Waals surface area contributed by atoms with E-state index in [4.69, 9.17) is 45.1 Å². The monoisotopic (exact) mass is 1650 g/mol. The number of fused-ring (bicyclic) bond motifs is 2. The SMILES string of the molecule is Brc1cc(-c2nc3ncc(C4CCNCC4)cc3[nH]2)ccc1OCc1ccccc1.C.C.C.CC(C)(C)OC(=O)N1CCC(c2cnc(N)c(N)c2)CC1.CC(C)(C)OC(=O)N1CCC(c2cnc3nc(-c4ccc(OCc5ccccc5)c(Br)c4)[nH]c3c2)CC1.O=Cc1ccc(OCc2ccccc2)c(Br)c1. The number of benzene rings is 6. The van der Waals surface area contributed by atoms with Gasteiger partial charge < -0.3 is 60.2 Å². The van der Waals surface area contributed by atoms with E-state index in [1.54, 1.807) is 34.2 Å². The molecule has 2 amide bonds. The number of imidazole rings is 2. The van der Waals surface area contributed by atoms with Crippen LogP contribution < -0.4 is 31.0 Å². The number of H-pyrrole nitrogens is 2. The van der Waals surface area contributed by atoms with E-state index in [1.165, 1.54) is 5.56 Å². The molecule has 3 aliphatic rings. The number of piperidine rings is 3. The molecule has 7 N–H and O–H groups in total. The van der Waals surface area contributed by atoms with Gasteiger partial charge in [0.1, 0.15) is 72.0 Å². The number of nitrogen functional groups attached to an aromatic ring is 2. The number of nitrogens with zero attached hydrogens (tertiary/aromatic N) is 7. The first kappa shape index (κ1) is 84.0. The molecule has 3 fully saturated rings. The fraction of sp³-hybridized carbons (Fsp3) is 0.341. The first-order valence-electron chi connectivity index (χ1n) is 35.3. The Labute approximate surface area is 660 Å². The molecule has 23 heteroatoms. The second kappa shape index (κ2) is 39.4. The van der Waals surface area contributed by atoms with Crippen molar-refractivity contribution >= 4 is 100 Å². The summed E-state index contributed by atoms with van der Waals surface area (Å²) in [5, 5.41) is 3.42. The Hall–Kier alpha value is -9.68. The number of amides is 2. The summed E-state index contributed by atoms with van der Waals surface area (Å²) in [6.07, 6.45) is 11.8. The average Bonchev–Trinajstić information content (AvgIpc) is 1.63. The number of nitrogens with one attached hydrogen (secondary N) is 3. The van der Waals surface area contributed by atoms with Gasteiger partial charge in [0.2, 0.25) is 0 Å². The van der Waals surface area contributed by atoms with Crippen LogP contribution in [0.1, 0.15) is 164 Å². The molecule has 11 aromatic rings. The first-order valence-corrected chi connectivity index (χ1v) is 37.7. The molecule has 0 bridgehead atoms. The molecule has 570 valence electrons. The zero-order chi connectivity index (χ0) is 74.0. The van der Waals surface area contributed by atoms with E-state index < -0.39 is 11.2 Å². The zero-order valence-electron chi connectivity index (χ0n) is 59.9. The number of carbonyl (C=O) groups excluding carboxylic acids is 3. The van der Waals surface area contributed by atoms with E-state index in [9.17, 15) is 14.4 Å². The summed E-state index contributed by atoms with van der Waals surface area (Å²) < 4.78 is 31.1. The van der Waals surface area contributed by atoms with Crippen molar-refractivity contribution in [2.24, 2.45) is 0 Å². The molecule has 8 heterocycles. The van der Waals surface area contributed by atoms with Gasteiger partial charge >= 0.3 is 12.2 Å². The summed E-state index contributed by atoms with van der Waals surface area (Å²) >= 11 is 10.7. The smallest absolute Gasteiger partial charge is 0.410 e. The van der Waals surface area contributed by atoms with Crippen molar-refractivity contribution in [2.45, 2.75) is 151 Å². The van der Waals surface area contributed by atoms with Gasteiger partial charge in [-0.3, -0.25) is 4.79 Å². The molecule has 20 nitrogen and oxygen atoms in total. The van der Waals surface area contributed by atoms with Gasteiger partial charge in [-0.25, -0.2) is 34.5 Å². The summed E-state index contributed by atoms with van der Waals surface area (Å²) in [6.45, 7) is 17.7. The number of hydrogen-bond donors (Lipinski definition) is 5. The predicted molar refractivity (Wildman–Crippen MR) is 444 cm³/mol. The Kier molecular flexibility index (Phi) is 30.7. The molecule has 5 aromatic heterocycles. The first-order chi connectivity index (χ1) is 50.6. The van der Waals surface area contributed by atoms with Crippen LogP contribution in [0.4, 0.5) is 21.1 Å². The fourth-order valence-electron chi connectivity index (χ4n) is 12.3. The number of hydrogen-bond acceptors (Lipinski definition) is 16. The Morgan fingerprint density at radius 3 is 1.20 bits per heavy atom. The van der Waals surface area contributed by atoms with Crippen LogP contribution >= 0.6 is 47.8 Å². The highest BCUT2D eigenvalue weighted by atomic mass is 79.9. The van der Waals surface area contributed by atoms with Crippen molar-refractivity contribution in [1.29, 1.82) is 0 Å². The lowest BCUT2D eigenvalue weighted by Gasteiger charge is -2.33. The molecule has 3 aliphatic heterocycles. The second-order valence-electron chi connectivity index (χ2n) is 28.1. The highest BCUT2D eigenvalue weighted by Gasteiger charge is 2.30. The Bertz CT molecular complexity index is 4700. The normalized spacial score (nSPS) is 14.0. The molecule has 0 atom stereocenters. The third-order valence-electron chi connectivity index (χ3n) is 17.9. The van der Waals surface area contributed by atoms with Gasteiger partial charge in [0.25, 0.3) is 0 Å². The van der Waals surface area contributed by atoms with E-state index in [1.807, 2.05) is 175 Å². The molecule has 0 spiro atoms. The zero-order valence-corrected chi connectivity index (χ0v) is 64.7. The van der Waals surface area contributed by atoms with Crippen molar-refractivity contribution in [2.75, 3.05) is 50.7 Å². The van der Waals surface area contributed by atoms with Gasteiger partial charge in [-0.2, -0.15) is 0 Å². The molecular weight excluding hydrogens is 1560 g/mol. The molecular formula is C85H101Br3N12O8. The number of halogens is 3. The van der Waals surface area contributed by atoms with Crippen molar-refractivity contribution in [3.05, 3.63) is 235 Å². The maximum atomic E-state index is 12.4. The number of likely N-dealkylation sites (tertiary alicyclic amines) is 2. The quantitative estimate of drug-likeness (QED) is 0.0597. The summed E-state index contributed by atoms with van der Waals surface area (Å²) in [7, 11) is 0. The molecule has 6 aromatic carbocycles. The minimum Gasteiger partial charge on any atom is -0.488 e. The van der Waals surface area contributed by atoms with Crippen molar-refractivity contribution in [3.63, 3.8) is 0 Å². The molecule has 108 heavy (non-hydrogen) atoms. The van der Waals surface area contributed by atoms with Crippen LogP contribution in [0.3, 0.4) is 0 Å². The van der Waals surface area contributed by atoms with Gasteiger partial charge in [0.15, 0.2) is 11.3 Å². The highest BCUT2D eigenvalue weighted by molar-refractivity contribution is 9.11. The maximum Gasteiger partial charge on any atom is 0.410 e. The van der Waals surface area contributed by atoms with E-state index >= 15 is 0 Å². The summed E-state index contributed by atoms with van der Waals surface area (Å²) in [5.74, 6) is 5.54. The van der Waals surface area contributed by atoms with Crippen molar-refractivity contribution in [3.8, 4) is 40.0 Å². The molecule has 0 aliphatic carbocycles. The summed E-state index contributed by atoms with van der Waals surface area (Å²) in [6, 6.07) is 53.7. The van der Waals surface area contributed by atoms with Gasteiger partial charge in [-0.15, -0.1) is 0 Å².